The van der Waals surface area contributed by atoms with Crippen LogP contribution in [0.2, 0.25) is 0 Å². The minimum atomic E-state index is 0.0567. The van der Waals surface area contributed by atoms with Crippen molar-refractivity contribution in [3.63, 3.8) is 0 Å². The van der Waals surface area contributed by atoms with Gasteiger partial charge in [-0.2, -0.15) is 0 Å². The molecule has 3 nitrogen and oxygen atoms in total. The van der Waals surface area contributed by atoms with Crippen LogP contribution in [-0.2, 0) is 0 Å². The van der Waals surface area contributed by atoms with Crippen LogP contribution in [-0.4, -0.2) is 10.8 Å². The molecule has 0 saturated heterocycles. The molecular formula is C11H9NO2. The molecule has 1 aliphatic rings. The maximum atomic E-state index is 11.6. The van der Waals surface area contributed by atoms with Crippen LogP contribution in [0.1, 0.15) is 23.5 Å². The van der Waals surface area contributed by atoms with E-state index < -0.39 is 0 Å². The van der Waals surface area contributed by atoms with Crippen molar-refractivity contribution in [2.24, 2.45) is 5.92 Å². The lowest BCUT2D eigenvalue weighted by atomic mass is 10.3. The number of benzene rings is 1. The molecule has 0 spiro atoms. The first kappa shape index (κ1) is 7.74. The Kier molecular flexibility index (Phi) is 1.48. The molecule has 2 aromatic rings. The Morgan fingerprint density at radius 2 is 2.14 bits per heavy atom. The van der Waals surface area contributed by atoms with Crippen LogP contribution in [0.4, 0.5) is 0 Å². The quantitative estimate of drug-likeness (QED) is 0.678. The Hall–Kier alpha value is -1.64. The van der Waals surface area contributed by atoms with E-state index in [4.69, 9.17) is 4.42 Å². The van der Waals surface area contributed by atoms with E-state index in [9.17, 15) is 4.79 Å². The van der Waals surface area contributed by atoms with Crippen molar-refractivity contribution in [2.45, 2.75) is 12.8 Å². The van der Waals surface area contributed by atoms with E-state index >= 15 is 0 Å². The first-order valence-electron chi connectivity index (χ1n) is 4.74. The second-order valence-corrected chi connectivity index (χ2v) is 3.63. The second-order valence-electron chi connectivity index (χ2n) is 3.63. The SMILES string of the molecule is O=C(c1nc2ccccc2o1)C1CC1. The fourth-order valence-corrected chi connectivity index (χ4v) is 1.50. The normalized spacial score (nSPS) is 16.0. The summed E-state index contributed by atoms with van der Waals surface area (Å²) in [5.41, 5.74) is 1.45. The number of para-hydroxylation sites is 2. The fraction of sp³-hybridized carbons (Fsp3) is 0.273. The summed E-state index contributed by atoms with van der Waals surface area (Å²) < 4.78 is 5.37. The van der Waals surface area contributed by atoms with E-state index in [2.05, 4.69) is 4.98 Å². The Morgan fingerprint density at radius 3 is 2.86 bits per heavy atom. The van der Waals surface area contributed by atoms with Crippen molar-refractivity contribution in [1.82, 2.24) is 4.98 Å². The predicted molar refractivity (Wildman–Crippen MR) is 51.1 cm³/mol. The lowest BCUT2D eigenvalue weighted by molar-refractivity contribution is 0.0936. The monoisotopic (exact) mass is 187 g/mol. The molecule has 1 aliphatic carbocycles. The zero-order valence-electron chi connectivity index (χ0n) is 7.56. The third-order valence-electron chi connectivity index (χ3n) is 2.45. The highest BCUT2D eigenvalue weighted by molar-refractivity contribution is 5.97. The number of aromatic nitrogens is 1. The molecule has 1 heterocycles. The molecule has 0 radical (unpaired) electrons. The zero-order valence-corrected chi connectivity index (χ0v) is 7.56. The number of hydrogen-bond donors (Lipinski definition) is 0. The van der Waals surface area contributed by atoms with Crippen LogP contribution in [0.25, 0.3) is 11.1 Å². The van der Waals surface area contributed by atoms with Crippen LogP contribution in [0.5, 0.6) is 0 Å². The molecule has 0 unspecified atom stereocenters. The van der Waals surface area contributed by atoms with Crippen LogP contribution in [0, 0.1) is 5.92 Å². The summed E-state index contributed by atoms with van der Waals surface area (Å²) in [5, 5.41) is 0. The molecule has 1 aromatic heterocycles. The molecule has 14 heavy (non-hydrogen) atoms. The summed E-state index contributed by atoms with van der Waals surface area (Å²) >= 11 is 0. The molecule has 0 N–H and O–H groups in total. The van der Waals surface area contributed by atoms with Crippen molar-refractivity contribution in [1.29, 1.82) is 0 Å². The Balaban J connectivity index is 2.09. The number of fused-ring (bicyclic) bond motifs is 1. The maximum Gasteiger partial charge on any atom is 0.264 e. The molecule has 1 fully saturated rings. The molecule has 0 amide bonds. The molecule has 70 valence electrons. The van der Waals surface area contributed by atoms with E-state index in [1.54, 1.807) is 0 Å². The van der Waals surface area contributed by atoms with Crippen molar-refractivity contribution >= 4 is 16.9 Å². The highest BCUT2D eigenvalue weighted by Gasteiger charge is 2.33. The molecule has 0 bridgehead atoms. The average molecular weight is 187 g/mol. The molecule has 1 aromatic carbocycles. The molecule has 0 atom stereocenters. The Labute approximate surface area is 80.7 Å². The molecule has 0 aliphatic heterocycles. The van der Waals surface area contributed by atoms with Gasteiger partial charge in [-0.25, -0.2) is 4.98 Å². The predicted octanol–water partition coefficient (Wildman–Crippen LogP) is 2.42. The first-order valence-corrected chi connectivity index (χ1v) is 4.74. The van der Waals surface area contributed by atoms with Crippen molar-refractivity contribution < 1.29 is 9.21 Å². The van der Waals surface area contributed by atoms with Gasteiger partial charge in [0, 0.05) is 5.92 Å². The number of nitrogens with zero attached hydrogens (tertiary/aromatic N) is 1. The zero-order chi connectivity index (χ0) is 9.54. The van der Waals surface area contributed by atoms with Gasteiger partial charge in [-0.05, 0) is 25.0 Å². The van der Waals surface area contributed by atoms with Crippen LogP contribution < -0.4 is 0 Å². The third kappa shape index (κ3) is 1.13. The lowest BCUT2D eigenvalue weighted by Crippen LogP contribution is -2.00. The molecule has 3 heteroatoms. The summed E-state index contributed by atoms with van der Waals surface area (Å²) in [4.78, 5) is 15.8. The number of Topliss-reactive ketones (excluding diaryl/α,β-unsaturated/α-hetero) is 1. The maximum absolute atomic E-state index is 11.6. The van der Waals surface area contributed by atoms with E-state index in [1.165, 1.54) is 0 Å². The highest BCUT2D eigenvalue weighted by atomic mass is 16.4. The summed E-state index contributed by atoms with van der Waals surface area (Å²) in [7, 11) is 0. The smallest absolute Gasteiger partial charge is 0.264 e. The van der Waals surface area contributed by atoms with Crippen molar-refractivity contribution in [3.8, 4) is 0 Å². The van der Waals surface area contributed by atoms with E-state index in [-0.39, 0.29) is 17.6 Å². The van der Waals surface area contributed by atoms with Gasteiger partial charge in [-0.1, -0.05) is 12.1 Å². The van der Waals surface area contributed by atoms with Gasteiger partial charge in [-0.3, -0.25) is 4.79 Å². The van der Waals surface area contributed by atoms with Gasteiger partial charge >= 0.3 is 0 Å². The van der Waals surface area contributed by atoms with Crippen LogP contribution in [0.15, 0.2) is 28.7 Å². The lowest BCUT2D eigenvalue weighted by Gasteiger charge is -1.87. The Bertz CT molecular complexity index is 464. The van der Waals surface area contributed by atoms with Crippen LogP contribution >= 0.6 is 0 Å². The van der Waals surface area contributed by atoms with E-state index in [0.717, 1.165) is 18.4 Å². The molecule has 3 rings (SSSR count). The largest absolute Gasteiger partial charge is 0.434 e. The molecule has 1 saturated carbocycles. The topological polar surface area (TPSA) is 43.1 Å². The van der Waals surface area contributed by atoms with E-state index in [1.807, 2.05) is 24.3 Å². The van der Waals surface area contributed by atoms with Crippen molar-refractivity contribution in [2.75, 3.05) is 0 Å². The number of oxazole rings is 1. The average Bonchev–Trinajstić information content (AvgIpc) is 2.95. The van der Waals surface area contributed by atoms with Crippen molar-refractivity contribution in [3.05, 3.63) is 30.2 Å². The second kappa shape index (κ2) is 2.67. The number of rotatable bonds is 2. The van der Waals surface area contributed by atoms with Crippen LogP contribution in [0.3, 0.4) is 0 Å². The summed E-state index contributed by atoms with van der Waals surface area (Å²) in [6.45, 7) is 0. The van der Waals surface area contributed by atoms with Gasteiger partial charge in [0.1, 0.15) is 5.52 Å². The fourth-order valence-electron chi connectivity index (χ4n) is 1.50. The Morgan fingerprint density at radius 1 is 1.36 bits per heavy atom. The number of hydrogen-bond acceptors (Lipinski definition) is 3. The summed E-state index contributed by atoms with van der Waals surface area (Å²) in [6.07, 6.45) is 1.97. The van der Waals surface area contributed by atoms with Gasteiger partial charge in [0.05, 0.1) is 0 Å². The van der Waals surface area contributed by atoms with E-state index in [0.29, 0.717) is 5.58 Å². The first-order chi connectivity index (χ1) is 6.84. The number of ketones is 1. The molecular weight excluding hydrogens is 178 g/mol. The van der Waals surface area contributed by atoms with Gasteiger partial charge < -0.3 is 4.42 Å². The van der Waals surface area contributed by atoms with Gasteiger partial charge in [0.15, 0.2) is 5.58 Å². The number of carbonyl (C=O) groups excluding carboxylic acids is 1. The standard InChI is InChI=1S/C11H9NO2/c13-10(7-5-6-7)11-12-8-3-1-2-4-9(8)14-11/h1-4,7H,5-6H2. The minimum absolute atomic E-state index is 0.0567. The van der Waals surface area contributed by atoms with Gasteiger partial charge in [-0.15, -0.1) is 0 Å². The summed E-state index contributed by atoms with van der Waals surface area (Å²) in [6, 6.07) is 7.43. The van der Waals surface area contributed by atoms with Gasteiger partial charge in [0.2, 0.25) is 5.78 Å². The minimum Gasteiger partial charge on any atom is -0.434 e. The number of carbonyl (C=O) groups is 1. The third-order valence-corrected chi connectivity index (χ3v) is 2.45. The highest BCUT2D eigenvalue weighted by Crippen LogP contribution is 2.33. The summed E-state index contributed by atoms with van der Waals surface area (Å²) in [5.74, 6) is 0.498. The van der Waals surface area contributed by atoms with Gasteiger partial charge in [0.25, 0.3) is 5.89 Å².